The Morgan fingerprint density at radius 2 is 1.69 bits per heavy atom. The molecule has 7 heteroatoms. The first-order chi connectivity index (χ1) is 17.1. The summed E-state index contributed by atoms with van der Waals surface area (Å²) in [6, 6.07) is 23.1. The van der Waals surface area contributed by atoms with Gasteiger partial charge < -0.3 is 24.5 Å². The molecule has 1 saturated heterocycles. The van der Waals surface area contributed by atoms with Crippen LogP contribution in [0.3, 0.4) is 0 Å². The highest BCUT2D eigenvalue weighted by atomic mass is 16.5. The molecule has 0 bridgehead atoms. The number of ether oxygens (including phenoxy) is 2. The van der Waals surface area contributed by atoms with Crippen molar-refractivity contribution in [1.29, 1.82) is 0 Å². The minimum absolute atomic E-state index is 0.482. The maximum absolute atomic E-state index is 12.4. The van der Waals surface area contributed by atoms with Gasteiger partial charge in [0.15, 0.2) is 0 Å². The standard InChI is InChI=1S/C28H29N3O4/c1-34-22-9-7-21(8-10-22)30-13-15-31(16-14-30)27(28(32)33)25-18-29-26-17-23(11-12-24(25)26)35-19-20-5-3-2-4-6-20/h2-12,17-18,27,29H,13-16,19H2,1H3,(H,32,33). The van der Waals surface area contributed by atoms with Gasteiger partial charge in [0.05, 0.1) is 7.11 Å². The van der Waals surface area contributed by atoms with E-state index >= 15 is 0 Å². The van der Waals surface area contributed by atoms with Gasteiger partial charge in [0.2, 0.25) is 0 Å². The Bertz CT molecular complexity index is 1280. The third kappa shape index (κ3) is 4.95. The average Bonchev–Trinajstić information content (AvgIpc) is 3.31. The minimum Gasteiger partial charge on any atom is -0.497 e. The number of carboxylic acid groups (broad SMARTS) is 1. The summed E-state index contributed by atoms with van der Waals surface area (Å²) < 4.78 is 11.2. The van der Waals surface area contributed by atoms with Crippen molar-refractivity contribution in [2.45, 2.75) is 12.6 Å². The fraction of sp³-hybridized carbons (Fsp3) is 0.250. The van der Waals surface area contributed by atoms with Gasteiger partial charge in [0.1, 0.15) is 24.1 Å². The molecular weight excluding hydrogens is 442 g/mol. The van der Waals surface area contributed by atoms with Crippen LogP contribution < -0.4 is 14.4 Å². The lowest BCUT2D eigenvalue weighted by Crippen LogP contribution is -2.49. The lowest BCUT2D eigenvalue weighted by atomic mass is 10.0. The van der Waals surface area contributed by atoms with Crippen LogP contribution >= 0.6 is 0 Å². The molecule has 1 fully saturated rings. The lowest BCUT2D eigenvalue weighted by molar-refractivity contribution is -0.143. The maximum atomic E-state index is 12.4. The zero-order valence-corrected chi connectivity index (χ0v) is 19.7. The van der Waals surface area contributed by atoms with E-state index in [1.807, 2.05) is 83.9 Å². The Morgan fingerprint density at radius 1 is 0.971 bits per heavy atom. The molecule has 0 radical (unpaired) electrons. The van der Waals surface area contributed by atoms with E-state index in [0.29, 0.717) is 19.7 Å². The lowest BCUT2D eigenvalue weighted by Gasteiger charge is -2.38. The summed E-state index contributed by atoms with van der Waals surface area (Å²) in [5.41, 5.74) is 3.86. The van der Waals surface area contributed by atoms with E-state index in [4.69, 9.17) is 9.47 Å². The van der Waals surface area contributed by atoms with Gasteiger partial charge in [-0.2, -0.15) is 0 Å². The van der Waals surface area contributed by atoms with Crippen LogP contribution in [0, 0.1) is 0 Å². The van der Waals surface area contributed by atoms with E-state index in [0.717, 1.165) is 52.3 Å². The number of nitrogens with zero attached hydrogens (tertiary/aromatic N) is 2. The summed E-state index contributed by atoms with van der Waals surface area (Å²) in [4.78, 5) is 20.0. The van der Waals surface area contributed by atoms with Crippen molar-refractivity contribution in [3.8, 4) is 11.5 Å². The van der Waals surface area contributed by atoms with Crippen LogP contribution in [0.2, 0.25) is 0 Å². The van der Waals surface area contributed by atoms with Gasteiger partial charge >= 0.3 is 5.97 Å². The zero-order chi connectivity index (χ0) is 24.2. The van der Waals surface area contributed by atoms with E-state index in [2.05, 4.69) is 9.88 Å². The number of hydrogen-bond donors (Lipinski definition) is 2. The van der Waals surface area contributed by atoms with E-state index in [1.165, 1.54) is 0 Å². The second-order valence-electron chi connectivity index (χ2n) is 8.69. The topological polar surface area (TPSA) is 78.0 Å². The maximum Gasteiger partial charge on any atom is 0.325 e. The number of H-pyrrole nitrogens is 1. The monoisotopic (exact) mass is 471 g/mol. The average molecular weight is 472 g/mol. The first kappa shape index (κ1) is 22.8. The number of hydrogen-bond acceptors (Lipinski definition) is 5. The number of carbonyl (C=O) groups is 1. The first-order valence-electron chi connectivity index (χ1n) is 11.8. The number of methoxy groups -OCH3 is 1. The van der Waals surface area contributed by atoms with Gasteiger partial charge in [-0.25, -0.2) is 0 Å². The smallest absolute Gasteiger partial charge is 0.325 e. The number of aliphatic carboxylic acids is 1. The molecule has 1 unspecified atom stereocenters. The van der Waals surface area contributed by atoms with Gasteiger partial charge in [-0.15, -0.1) is 0 Å². The van der Waals surface area contributed by atoms with E-state index in [1.54, 1.807) is 7.11 Å². The molecule has 180 valence electrons. The molecule has 0 aliphatic carbocycles. The molecule has 2 N–H and O–H groups in total. The highest BCUT2D eigenvalue weighted by Crippen LogP contribution is 2.32. The SMILES string of the molecule is COc1ccc(N2CCN(C(C(=O)O)c3c[nH]c4cc(OCc5ccccc5)ccc34)CC2)cc1. The Balaban J connectivity index is 1.29. The predicted molar refractivity (Wildman–Crippen MR) is 136 cm³/mol. The number of carboxylic acids is 1. The summed E-state index contributed by atoms with van der Waals surface area (Å²) in [7, 11) is 1.66. The Morgan fingerprint density at radius 3 is 2.37 bits per heavy atom. The Kier molecular flexibility index (Phi) is 6.59. The van der Waals surface area contributed by atoms with Crippen molar-refractivity contribution >= 4 is 22.6 Å². The second-order valence-corrected chi connectivity index (χ2v) is 8.69. The summed E-state index contributed by atoms with van der Waals surface area (Å²) in [6.07, 6.45) is 1.82. The summed E-state index contributed by atoms with van der Waals surface area (Å²) in [5, 5.41) is 11.1. The molecule has 1 atom stereocenters. The van der Waals surface area contributed by atoms with Crippen LogP contribution in [0.1, 0.15) is 17.2 Å². The highest BCUT2D eigenvalue weighted by Gasteiger charge is 2.32. The van der Waals surface area contributed by atoms with Gasteiger partial charge in [-0.1, -0.05) is 30.3 Å². The molecule has 35 heavy (non-hydrogen) atoms. The number of rotatable bonds is 8. The van der Waals surface area contributed by atoms with Crippen LogP contribution in [0.5, 0.6) is 11.5 Å². The van der Waals surface area contributed by atoms with Crippen LogP contribution in [0.4, 0.5) is 5.69 Å². The highest BCUT2D eigenvalue weighted by molar-refractivity contribution is 5.90. The Labute approximate surface area is 204 Å². The Hall–Kier alpha value is -3.97. The van der Waals surface area contributed by atoms with Gasteiger partial charge in [0, 0.05) is 60.6 Å². The largest absolute Gasteiger partial charge is 0.497 e. The number of nitrogens with one attached hydrogen (secondary N) is 1. The summed E-state index contributed by atoms with van der Waals surface area (Å²) >= 11 is 0. The molecular formula is C28H29N3O4. The molecule has 2 heterocycles. The van der Waals surface area contributed by atoms with Crippen molar-refractivity contribution < 1.29 is 19.4 Å². The van der Waals surface area contributed by atoms with Crippen molar-refractivity contribution in [1.82, 2.24) is 9.88 Å². The number of benzene rings is 3. The molecule has 1 aromatic heterocycles. The van der Waals surface area contributed by atoms with Crippen LogP contribution in [0.25, 0.3) is 10.9 Å². The quantitative estimate of drug-likeness (QED) is 0.388. The summed E-state index contributed by atoms with van der Waals surface area (Å²) in [5.74, 6) is 0.731. The van der Waals surface area contributed by atoms with E-state index in [-0.39, 0.29) is 0 Å². The number of aromatic nitrogens is 1. The minimum atomic E-state index is -0.840. The van der Waals surface area contributed by atoms with E-state index in [9.17, 15) is 9.90 Å². The molecule has 5 rings (SSSR count). The predicted octanol–water partition coefficient (Wildman–Crippen LogP) is 4.70. The fourth-order valence-electron chi connectivity index (χ4n) is 4.70. The van der Waals surface area contributed by atoms with Crippen LogP contribution in [0.15, 0.2) is 79.0 Å². The fourth-order valence-corrected chi connectivity index (χ4v) is 4.70. The van der Waals surface area contributed by atoms with Crippen molar-refractivity contribution in [3.63, 3.8) is 0 Å². The van der Waals surface area contributed by atoms with Crippen LogP contribution in [-0.2, 0) is 11.4 Å². The molecule has 1 aliphatic rings. The number of aromatic amines is 1. The number of piperazine rings is 1. The molecule has 0 saturated carbocycles. The van der Waals surface area contributed by atoms with Crippen LogP contribution in [-0.4, -0.2) is 54.2 Å². The third-order valence-corrected chi connectivity index (χ3v) is 6.58. The molecule has 7 nitrogen and oxygen atoms in total. The van der Waals surface area contributed by atoms with Crippen molar-refractivity contribution in [2.75, 3.05) is 38.2 Å². The second kappa shape index (κ2) is 10.1. The van der Waals surface area contributed by atoms with Crippen molar-refractivity contribution in [3.05, 3.63) is 90.1 Å². The normalized spacial score (nSPS) is 15.2. The van der Waals surface area contributed by atoms with Gasteiger partial charge in [-0.3, -0.25) is 9.69 Å². The molecule has 4 aromatic rings. The molecule has 1 aliphatic heterocycles. The number of anilines is 1. The zero-order valence-electron chi connectivity index (χ0n) is 19.7. The number of fused-ring (bicyclic) bond motifs is 1. The summed E-state index contributed by atoms with van der Waals surface area (Å²) in [6.45, 7) is 3.32. The van der Waals surface area contributed by atoms with Gasteiger partial charge in [0.25, 0.3) is 0 Å². The third-order valence-electron chi connectivity index (χ3n) is 6.58. The first-order valence-corrected chi connectivity index (χ1v) is 11.8. The molecule has 0 spiro atoms. The van der Waals surface area contributed by atoms with Gasteiger partial charge in [-0.05, 0) is 42.0 Å². The van der Waals surface area contributed by atoms with Crippen molar-refractivity contribution in [2.24, 2.45) is 0 Å². The van der Waals surface area contributed by atoms with E-state index < -0.39 is 12.0 Å². The molecule has 3 aromatic carbocycles. The molecule has 0 amide bonds.